The molecule has 0 radical (unpaired) electrons. The first kappa shape index (κ1) is 29.1. The van der Waals surface area contributed by atoms with Crippen LogP contribution in [-0.2, 0) is 19.6 Å². The zero-order valence-electron chi connectivity index (χ0n) is 22.6. The van der Waals surface area contributed by atoms with Crippen molar-refractivity contribution in [3.63, 3.8) is 0 Å². The maximum atomic E-state index is 14.1. The number of hydrogen-bond acceptors (Lipinski definition) is 7. The predicted octanol–water partition coefficient (Wildman–Crippen LogP) is 5.62. The van der Waals surface area contributed by atoms with Crippen LogP contribution in [0.3, 0.4) is 0 Å². The fraction of sp³-hybridized carbons (Fsp3) is 0.321. The van der Waals surface area contributed by atoms with Gasteiger partial charge in [-0.3, -0.25) is 8.87 Å². The average molecular weight is 619 g/mol. The lowest BCUT2D eigenvalue weighted by Gasteiger charge is -2.37. The topological polar surface area (TPSA) is 127 Å². The number of halogens is 2. The zero-order chi connectivity index (χ0) is 29.5. The molecule has 1 fully saturated rings. The molecule has 0 saturated carbocycles. The monoisotopic (exact) mass is 617 g/mol. The number of benzene rings is 2. The van der Waals surface area contributed by atoms with Gasteiger partial charge in [-0.15, -0.1) is 0 Å². The molecule has 0 spiro atoms. The lowest BCUT2D eigenvalue weighted by molar-refractivity contribution is -0.140. The van der Waals surface area contributed by atoms with Crippen molar-refractivity contribution in [1.82, 2.24) is 14.5 Å². The van der Waals surface area contributed by atoms with Crippen LogP contribution in [0.1, 0.15) is 27.2 Å². The normalized spacial score (nSPS) is 16.6. The second kappa shape index (κ2) is 11.1. The van der Waals surface area contributed by atoms with Gasteiger partial charge in [-0.25, -0.2) is 23.2 Å². The van der Waals surface area contributed by atoms with Crippen molar-refractivity contribution in [3.8, 4) is 5.82 Å². The second-order valence-corrected chi connectivity index (χ2v) is 13.6. The van der Waals surface area contributed by atoms with E-state index in [1.165, 1.54) is 18.2 Å². The second-order valence-electron chi connectivity index (χ2n) is 10.9. The number of carboxylic acids is 1. The van der Waals surface area contributed by atoms with E-state index in [1.807, 2.05) is 4.57 Å². The Morgan fingerprint density at radius 2 is 1.85 bits per heavy atom. The van der Waals surface area contributed by atoms with Crippen molar-refractivity contribution in [1.29, 1.82) is 0 Å². The summed E-state index contributed by atoms with van der Waals surface area (Å²) in [5.74, 6) is -0.0796. The molecule has 216 valence electrons. The molecule has 2 aromatic heterocycles. The molecule has 1 aliphatic rings. The molecule has 2 atom stereocenters. The van der Waals surface area contributed by atoms with Crippen molar-refractivity contribution in [2.24, 2.45) is 5.41 Å². The molecule has 10 nitrogen and oxygen atoms in total. The highest BCUT2D eigenvalue weighted by molar-refractivity contribution is 7.93. The summed E-state index contributed by atoms with van der Waals surface area (Å²) in [7, 11) is -4.42. The van der Waals surface area contributed by atoms with Crippen molar-refractivity contribution < 1.29 is 23.1 Å². The van der Waals surface area contributed by atoms with Crippen molar-refractivity contribution in [2.45, 2.75) is 44.2 Å². The summed E-state index contributed by atoms with van der Waals surface area (Å²) in [6.45, 7) is 6.36. The molecule has 2 N–H and O–H groups in total. The average Bonchev–Trinajstić information content (AvgIpc) is 3.55. The number of aromatic nitrogens is 3. The smallest absolute Gasteiger partial charge is 0.328 e. The van der Waals surface area contributed by atoms with Crippen LogP contribution in [-0.4, -0.2) is 59.3 Å². The Kier molecular flexibility index (Phi) is 7.90. The Balaban J connectivity index is 1.56. The van der Waals surface area contributed by atoms with Gasteiger partial charge in [0.2, 0.25) is 0 Å². The number of sulfonamides is 1. The quantitative estimate of drug-likeness (QED) is 0.261. The third-order valence-electron chi connectivity index (χ3n) is 6.78. The molecule has 0 aliphatic carbocycles. The van der Waals surface area contributed by atoms with Crippen LogP contribution in [0.25, 0.3) is 16.7 Å². The lowest BCUT2D eigenvalue weighted by Crippen LogP contribution is -2.52. The van der Waals surface area contributed by atoms with Crippen LogP contribution in [0.15, 0.2) is 66.0 Å². The number of rotatable bonds is 8. The van der Waals surface area contributed by atoms with Gasteiger partial charge in [0.05, 0.1) is 41.1 Å². The van der Waals surface area contributed by atoms with Crippen LogP contribution < -0.4 is 9.62 Å². The molecule has 2 aromatic carbocycles. The summed E-state index contributed by atoms with van der Waals surface area (Å²) in [6, 6.07) is 9.42. The summed E-state index contributed by atoms with van der Waals surface area (Å²) in [5, 5.41) is 14.5. The Bertz CT molecular complexity index is 1680. The largest absolute Gasteiger partial charge is 0.480 e. The minimum Gasteiger partial charge on any atom is -0.480 e. The van der Waals surface area contributed by atoms with E-state index in [0.717, 1.165) is 22.8 Å². The molecule has 4 aromatic rings. The summed E-state index contributed by atoms with van der Waals surface area (Å²) >= 11 is 12.2. The van der Waals surface area contributed by atoms with Gasteiger partial charge in [-0.1, -0.05) is 44.0 Å². The molecule has 13 heteroatoms. The molecular formula is C28H29Cl2N5O5S. The minimum absolute atomic E-state index is 0.116. The van der Waals surface area contributed by atoms with Crippen LogP contribution in [0.2, 0.25) is 10.0 Å². The number of ether oxygens (including phenoxy) is 1. The van der Waals surface area contributed by atoms with Gasteiger partial charge in [0, 0.05) is 28.2 Å². The van der Waals surface area contributed by atoms with Crippen LogP contribution in [0.5, 0.6) is 0 Å². The molecule has 1 aliphatic heterocycles. The van der Waals surface area contributed by atoms with Gasteiger partial charge >= 0.3 is 5.97 Å². The number of anilines is 2. The number of nitrogens with zero attached hydrogens (tertiary/aromatic N) is 4. The van der Waals surface area contributed by atoms with E-state index in [4.69, 9.17) is 27.9 Å². The maximum absolute atomic E-state index is 14.1. The Morgan fingerprint density at radius 1 is 1.12 bits per heavy atom. The lowest BCUT2D eigenvalue weighted by atomic mass is 9.86. The molecule has 1 unspecified atom stereocenters. The third kappa shape index (κ3) is 5.99. The summed E-state index contributed by atoms with van der Waals surface area (Å²) in [5.41, 5.74) is -0.0603. The molecule has 0 bridgehead atoms. The van der Waals surface area contributed by atoms with Gasteiger partial charge in [-0.05, 0) is 54.3 Å². The van der Waals surface area contributed by atoms with Crippen LogP contribution in [0, 0.1) is 5.41 Å². The van der Waals surface area contributed by atoms with Crippen LogP contribution in [0.4, 0.5) is 11.5 Å². The number of nitrogens with one attached hydrogen (secondary N) is 1. The van der Waals surface area contributed by atoms with E-state index in [9.17, 15) is 18.3 Å². The predicted molar refractivity (Wildman–Crippen MR) is 159 cm³/mol. The van der Waals surface area contributed by atoms with Gasteiger partial charge < -0.3 is 15.2 Å². The summed E-state index contributed by atoms with van der Waals surface area (Å²) in [6.07, 6.45) is 6.00. The number of carbonyl (C=O) groups is 1. The fourth-order valence-corrected chi connectivity index (χ4v) is 7.39. The summed E-state index contributed by atoms with van der Waals surface area (Å²) in [4.78, 5) is 21.4. The van der Waals surface area contributed by atoms with Crippen LogP contribution >= 0.6 is 23.2 Å². The Morgan fingerprint density at radius 3 is 2.44 bits per heavy atom. The van der Waals surface area contributed by atoms with Gasteiger partial charge in [0.15, 0.2) is 5.82 Å². The minimum atomic E-state index is -4.42. The third-order valence-corrected chi connectivity index (χ3v) is 8.98. The van der Waals surface area contributed by atoms with E-state index in [1.54, 1.807) is 63.6 Å². The van der Waals surface area contributed by atoms with Crippen molar-refractivity contribution in [3.05, 3.63) is 71.1 Å². The molecule has 1 saturated heterocycles. The highest BCUT2D eigenvalue weighted by Crippen LogP contribution is 2.37. The molecule has 5 rings (SSSR count). The molecular weight excluding hydrogens is 589 g/mol. The first-order valence-electron chi connectivity index (χ1n) is 12.9. The van der Waals surface area contributed by atoms with E-state index in [-0.39, 0.29) is 26.7 Å². The first-order valence-corrected chi connectivity index (χ1v) is 15.1. The van der Waals surface area contributed by atoms with E-state index in [0.29, 0.717) is 23.6 Å². The number of fused-ring (bicyclic) bond motifs is 1. The van der Waals surface area contributed by atoms with Gasteiger partial charge in [-0.2, -0.15) is 0 Å². The van der Waals surface area contributed by atoms with E-state index >= 15 is 0 Å². The highest BCUT2D eigenvalue weighted by Gasteiger charge is 2.43. The Hall–Kier alpha value is -3.38. The zero-order valence-corrected chi connectivity index (χ0v) is 24.9. The van der Waals surface area contributed by atoms with E-state index in [2.05, 4.69) is 15.3 Å². The highest BCUT2D eigenvalue weighted by atomic mass is 35.5. The summed E-state index contributed by atoms with van der Waals surface area (Å²) < 4.78 is 36.3. The van der Waals surface area contributed by atoms with Gasteiger partial charge in [0.25, 0.3) is 10.0 Å². The molecule has 3 heterocycles. The van der Waals surface area contributed by atoms with E-state index < -0.39 is 27.4 Å². The standard InChI is InChI=1S/C28H29Cl2N5O5S/c1-28(2,3)26(27(36)37)35(41(38,39)22-12-18(29)11-19(30)13-22)21-4-5-23-17(10-21)6-8-34(23)25-15-31-24(14-32-25)33-20-7-9-40-16-20/h4-6,8,10-15,20,26H,7,9,16H2,1-3H3,(H,31,33)(H,36,37)/t20?,26-/m0/s1. The fourth-order valence-electron chi connectivity index (χ4n) is 4.88. The number of carboxylic acid groups (broad SMARTS) is 1. The first-order chi connectivity index (χ1) is 19.3. The molecule has 41 heavy (non-hydrogen) atoms. The Labute approximate surface area is 247 Å². The SMILES string of the molecule is CC(C)(C)[C@H](C(=O)O)N(c1ccc2c(ccn2-c2cnc(NC3CCOC3)cn2)c1)S(=O)(=O)c1cc(Cl)cc(Cl)c1. The maximum Gasteiger partial charge on any atom is 0.328 e. The molecule has 0 amide bonds. The van der Waals surface area contributed by atoms with Gasteiger partial charge in [0.1, 0.15) is 11.9 Å². The number of aliphatic carboxylic acids is 1. The number of hydrogen-bond donors (Lipinski definition) is 2. The van der Waals surface area contributed by atoms with Crippen molar-refractivity contribution in [2.75, 3.05) is 22.8 Å². The van der Waals surface area contributed by atoms with Crippen molar-refractivity contribution >= 4 is 61.6 Å².